The lowest BCUT2D eigenvalue weighted by atomic mass is 9.74. The van der Waals surface area contributed by atoms with E-state index in [1.165, 1.54) is 11.3 Å². The number of ether oxygens (including phenoxy) is 1. The van der Waals surface area contributed by atoms with Crippen molar-refractivity contribution in [3.8, 4) is 0 Å². The second-order valence-corrected chi connectivity index (χ2v) is 13.3. The first-order valence-corrected chi connectivity index (χ1v) is 12.0. The second kappa shape index (κ2) is 7.52. The molecule has 1 N–H and O–H groups in total. The molecular weight excluding hydrogens is 418 g/mol. The van der Waals surface area contributed by atoms with Crippen LogP contribution in [0.25, 0.3) is 0 Å². The van der Waals surface area contributed by atoms with Gasteiger partial charge in [0.1, 0.15) is 5.60 Å². The van der Waals surface area contributed by atoms with Crippen molar-refractivity contribution in [2.75, 3.05) is 13.1 Å². The smallest absolute Gasteiger partial charge is 0.410 e. The van der Waals surface area contributed by atoms with Gasteiger partial charge in [0.15, 0.2) is 4.47 Å². The molecule has 1 fully saturated rings. The number of halogens is 1. The van der Waals surface area contributed by atoms with Gasteiger partial charge in [0.05, 0.1) is 27.5 Å². The fourth-order valence-corrected chi connectivity index (χ4v) is 6.15. The topological polar surface area (TPSA) is 71.5 Å². The largest absolute Gasteiger partial charge is 0.444 e. The van der Waals surface area contributed by atoms with Crippen LogP contribution in [0, 0.1) is 5.41 Å². The third-order valence-corrected chi connectivity index (χ3v) is 8.12. The van der Waals surface area contributed by atoms with Crippen molar-refractivity contribution in [2.24, 2.45) is 5.41 Å². The Morgan fingerprint density at radius 2 is 1.89 bits per heavy atom. The van der Waals surface area contributed by atoms with Crippen molar-refractivity contribution in [3.05, 3.63) is 15.0 Å². The number of hydrogen-bond donors (Lipinski definition) is 1. The fourth-order valence-electron chi connectivity index (χ4n) is 3.79. The van der Waals surface area contributed by atoms with Crippen LogP contribution < -0.4 is 4.72 Å². The molecule has 1 saturated heterocycles. The molecule has 1 aromatic heterocycles. The molecule has 9 heteroatoms. The van der Waals surface area contributed by atoms with Crippen molar-refractivity contribution in [1.29, 1.82) is 0 Å². The summed E-state index contributed by atoms with van der Waals surface area (Å²) in [6, 6.07) is -0.0617. The highest BCUT2D eigenvalue weighted by Gasteiger charge is 2.51. The molecule has 0 saturated carbocycles. The molecule has 1 aliphatic heterocycles. The van der Waals surface area contributed by atoms with Gasteiger partial charge >= 0.3 is 6.09 Å². The number of amides is 1. The lowest BCUT2D eigenvalue weighted by Gasteiger charge is -2.43. The minimum atomic E-state index is -1.20. The Bertz CT molecular complexity index is 774. The van der Waals surface area contributed by atoms with E-state index >= 15 is 0 Å². The number of fused-ring (bicyclic) bond motifs is 1. The number of thiazole rings is 1. The molecule has 1 aromatic rings. The van der Waals surface area contributed by atoms with Gasteiger partial charge in [-0.25, -0.2) is 18.7 Å². The van der Waals surface area contributed by atoms with Gasteiger partial charge in [-0.1, -0.05) is 11.6 Å². The number of piperidine rings is 1. The van der Waals surface area contributed by atoms with Crippen LogP contribution in [-0.2, 0) is 22.1 Å². The van der Waals surface area contributed by atoms with Gasteiger partial charge in [0.2, 0.25) is 0 Å². The van der Waals surface area contributed by atoms with Gasteiger partial charge in [-0.15, -0.1) is 11.3 Å². The van der Waals surface area contributed by atoms with Gasteiger partial charge in [-0.05, 0) is 60.8 Å². The van der Waals surface area contributed by atoms with Crippen LogP contribution in [0.4, 0.5) is 4.79 Å². The van der Waals surface area contributed by atoms with Crippen LogP contribution in [0.15, 0.2) is 0 Å². The minimum absolute atomic E-state index is 0.0617. The first-order chi connectivity index (χ1) is 12.8. The minimum Gasteiger partial charge on any atom is -0.444 e. The molecule has 28 heavy (non-hydrogen) atoms. The lowest BCUT2D eigenvalue weighted by Crippen LogP contribution is -2.49. The van der Waals surface area contributed by atoms with Crippen LogP contribution in [-0.4, -0.2) is 43.6 Å². The van der Waals surface area contributed by atoms with Crippen molar-refractivity contribution in [3.63, 3.8) is 0 Å². The molecule has 0 bridgehead atoms. The van der Waals surface area contributed by atoms with E-state index in [1.807, 2.05) is 41.5 Å². The number of aromatic nitrogens is 1. The second-order valence-electron chi connectivity index (χ2n) is 9.72. The molecule has 3 rings (SSSR count). The monoisotopic (exact) mass is 447 g/mol. The molecule has 0 aromatic carbocycles. The van der Waals surface area contributed by atoms with Crippen molar-refractivity contribution >= 4 is 40.0 Å². The van der Waals surface area contributed by atoms with E-state index in [-0.39, 0.29) is 22.3 Å². The summed E-state index contributed by atoms with van der Waals surface area (Å²) in [6.07, 6.45) is 2.16. The Morgan fingerprint density at radius 3 is 2.43 bits per heavy atom. The standard InChI is InChI=1S/C19H30ClN3O3S2/c1-17(2,3)26-16(24)23-9-7-19(8-10-23)11-12-13(27-15(20)21-12)14(19)22-28(25)18(4,5)6/h14,22H,7-11H2,1-6H3/t14-,28-/m1/s1. The Labute approximate surface area is 179 Å². The number of rotatable bonds is 2. The Hall–Kier alpha value is -0.700. The molecule has 6 nitrogen and oxygen atoms in total. The molecule has 1 spiro atoms. The third-order valence-electron chi connectivity index (χ3n) is 5.29. The number of carbonyl (C=O) groups is 1. The maximum atomic E-state index is 12.9. The predicted molar refractivity (Wildman–Crippen MR) is 114 cm³/mol. The van der Waals surface area contributed by atoms with Gasteiger partial charge < -0.3 is 9.64 Å². The first kappa shape index (κ1) is 22.0. The van der Waals surface area contributed by atoms with E-state index in [1.54, 1.807) is 4.90 Å². The van der Waals surface area contributed by atoms with E-state index in [0.29, 0.717) is 17.6 Å². The average molecular weight is 448 g/mol. The summed E-state index contributed by atoms with van der Waals surface area (Å²) >= 11 is 7.63. The first-order valence-electron chi connectivity index (χ1n) is 9.62. The highest BCUT2D eigenvalue weighted by Crippen LogP contribution is 2.54. The van der Waals surface area contributed by atoms with Crippen LogP contribution in [0.3, 0.4) is 0 Å². The summed E-state index contributed by atoms with van der Waals surface area (Å²) in [7, 11) is -1.20. The van der Waals surface area contributed by atoms with Crippen LogP contribution in [0.1, 0.15) is 71.0 Å². The number of carbonyl (C=O) groups excluding carboxylic acids is 1. The summed E-state index contributed by atoms with van der Waals surface area (Å²) in [4.78, 5) is 19.8. The number of nitrogens with one attached hydrogen (secondary N) is 1. The van der Waals surface area contributed by atoms with E-state index in [9.17, 15) is 9.00 Å². The number of hydrogen-bond acceptors (Lipinski definition) is 5. The Kier molecular flexibility index (Phi) is 5.91. The van der Waals surface area contributed by atoms with E-state index in [0.717, 1.165) is 29.8 Å². The maximum absolute atomic E-state index is 12.9. The van der Waals surface area contributed by atoms with E-state index in [4.69, 9.17) is 16.3 Å². The molecule has 158 valence electrons. The fraction of sp³-hybridized carbons (Fsp3) is 0.789. The number of nitrogens with zero attached hydrogens (tertiary/aromatic N) is 2. The van der Waals surface area contributed by atoms with Crippen LogP contribution in [0.5, 0.6) is 0 Å². The Morgan fingerprint density at radius 1 is 1.29 bits per heavy atom. The molecule has 2 aliphatic rings. The zero-order valence-electron chi connectivity index (χ0n) is 17.4. The van der Waals surface area contributed by atoms with Crippen molar-refractivity contribution in [2.45, 2.75) is 77.2 Å². The molecular formula is C19H30ClN3O3S2. The number of likely N-dealkylation sites (tertiary alicyclic amines) is 1. The quantitative estimate of drug-likeness (QED) is 0.726. The highest BCUT2D eigenvalue weighted by atomic mass is 35.5. The van der Waals surface area contributed by atoms with Gasteiger partial charge in [0, 0.05) is 23.4 Å². The molecule has 1 aliphatic carbocycles. The van der Waals surface area contributed by atoms with Crippen molar-refractivity contribution < 1.29 is 13.7 Å². The summed E-state index contributed by atoms with van der Waals surface area (Å²) in [5.41, 5.74) is 0.403. The summed E-state index contributed by atoms with van der Waals surface area (Å²) in [5, 5.41) is 0. The zero-order chi connectivity index (χ0) is 20.9. The summed E-state index contributed by atoms with van der Waals surface area (Å²) in [5.74, 6) is 0. The van der Waals surface area contributed by atoms with E-state index < -0.39 is 16.6 Å². The molecule has 0 unspecified atom stereocenters. The highest BCUT2D eigenvalue weighted by molar-refractivity contribution is 7.84. The Balaban J connectivity index is 1.78. The third kappa shape index (κ3) is 4.55. The predicted octanol–water partition coefficient (Wildman–Crippen LogP) is 4.46. The summed E-state index contributed by atoms with van der Waals surface area (Å²) in [6.45, 7) is 12.8. The molecule has 1 amide bonds. The van der Waals surface area contributed by atoms with Gasteiger partial charge in [-0.2, -0.15) is 0 Å². The van der Waals surface area contributed by atoms with Gasteiger partial charge in [0.25, 0.3) is 0 Å². The molecule has 0 radical (unpaired) electrons. The summed E-state index contributed by atoms with van der Waals surface area (Å²) < 4.78 is 21.9. The maximum Gasteiger partial charge on any atom is 0.410 e. The normalized spacial score (nSPS) is 23.0. The van der Waals surface area contributed by atoms with Gasteiger partial charge in [-0.3, -0.25) is 0 Å². The lowest BCUT2D eigenvalue weighted by molar-refractivity contribution is 0.00726. The van der Waals surface area contributed by atoms with Crippen LogP contribution >= 0.6 is 22.9 Å². The SMILES string of the molecule is CC(C)(C)OC(=O)N1CCC2(CC1)Cc1nc(Cl)sc1[C@H]2N[S@](=O)C(C)(C)C. The average Bonchev–Trinajstić information content (AvgIpc) is 3.00. The molecule has 2 atom stereocenters. The molecule has 2 heterocycles. The zero-order valence-corrected chi connectivity index (χ0v) is 19.8. The van der Waals surface area contributed by atoms with Crippen LogP contribution in [0.2, 0.25) is 4.47 Å². The van der Waals surface area contributed by atoms with E-state index in [2.05, 4.69) is 9.71 Å². The van der Waals surface area contributed by atoms with Crippen molar-refractivity contribution in [1.82, 2.24) is 14.6 Å².